The van der Waals surface area contributed by atoms with E-state index in [-0.39, 0.29) is 19.0 Å². The van der Waals surface area contributed by atoms with Crippen molar-refractivity contribution in [2.24, 2.45) is 5.41 Å². The molecule has 0 bridgehead atoms. The number of amides is 2. The standard InChI is InChI=1S/C12H18F3N3O2/c1-7(9(19)18-8-2-3-8)17-10(20)11(12(13,14)15)4-5-16-6-11/h7-8,16H,2-6H2,1H3,(H,17,20)(H,18,19). The Hall–Kier alpha value is -1.31. The van der Waals surface area contributed by atoms with Gasteiger partial charge in [-0.2, -0.15) is 13.2 Å². The van der Waals surface area contributed by atoms with Crippen LogP contribution in [0, 0.1) is 5.41 Å². The first-order valence-electron chi connectivity index (χ1n) is 6.65. The van der Waals surface area contributed by atoms with Crippen LogP contribution in [-0.2, 0) is 9.59 Å². The highest BCUT2D eigenvalue weighted by molar-refractivity contribution is 5.90. The normalized spacial score (nSPS) is 28.0. The van der Waals surface area contributed by atoms with Crippen molar-refractivity contribution in [3.63, 3.8) is 0 Å². The van der Waals surface area contributed by atoms with Gasteiger partial charge in [-0.25, -0.2) is 0 Å². The van der Waals surface area contributed by atoms with E-state index in [0.29, 0.717) is 0 Å². The largest absolute Gasteiger partial charge is 0.404 e. The predicted molar refractivity (Wildman–Crippen MR) is 64.7 cm³/mol. The van der Waals surface area contributed by atoms with Crippen LogP contribution in [0.1, 0.15) is 26.2 Å². The number of carbonyl (C=O) groups is 2. The molecule has 5 nitrogen and oxygen atoms in total. The van der Waals surface area contributed by atoms with E-state index < -0.39 is 36.0 Å². The number of rotatable bonds is 4. The first kappa shape index (κ1) is 15.1. The van der Waals surface area contributed by atoms with Gasteiger partial charge in [0.25, 0.3) is 0 Å². The molecule has 3 N–H and O–H groups in total. The maximum atomic E-state index is 13.1. The fraction of sp³-hybridized carbons (Fsp3) is 0.833. The second-order valence-electron chi connectivity index (χ2n) is 5.48. The molecule has 1 aliphatic heterocycles. The Kier molecular flexibility index (Phi) is 3.95. The molecule has 20 heavy (non-hydrogen) atoms. The molecule has 2 aliphatic rings. The van der Waals surface area contributed by atoms with Crippen LogP contribution in [0.2, 0.25) is 0 Å². The van der Waals surface area contributed by atoms with Gasteiger partial charge in [-0.15, -0.1) is 0 Å². The molecule has 2 amide bonds. The lowest BCUT2D eigenvalue weighted by atomic mass is 9.85. The van der Waals surface area contributed by atoms with E-state index in [9.17, 15) is 22.8 Å². The van der Waals surface area contributed by atoms with Crippen molar-refractivity contribution in [3.8, 4) is 0 Å². The second kappa shape index (κ2) is 5.23. The molecule has 1 saturated carbocycles. The molecular weight excluding hydrogens is 275 g/mol. The third-order valence-corrected chi connectivity index (χ3v) is 3.80. The molecule has 0 spiro atoms. The van der Waals surface area contributed by atoms with E-state index >= 15 is 0 Å². The van der Waals surface area contributed by atoms with Gasteiger partial charge in [-0.1, -0.05) is 0 Å². The highest BCUT2D eigenvalue weighted by atomic mass is 19.4. The molecule has 2 unspecified atom stereocenters. The average molecular weight is 293 g/mol. The number of alkyl halides is 3. The van der Waals surface area contributed by atoms with Crippen molar-refractivity contribution in [1.29, 1.82) is 0 Å². The molecule has 0 aromatic carbocycles. The van der Waals surface area contributed by atoms with E-state index in [1.54, 1.807) is 0 Å². The molecule has 8 heteroatoms. The molecule has 2 atom stereocenters. The van der Waals surface area contributed by atoms with Gasteiger partial charge in [0, 0.05) is 12.6 Å². The summed E-state index contributed by atoms with van der Waals surface area (Å²) in [7, 11) is 0. The summed E-state index contributed by atoms with van der Waals surface area (Å²) in [6.45, 7) is 1.08. The zero-order valence-electron chi connectivity index (χ0n) is 11.1. The van der Waals surface area contributed by atoms with Crippen LogP contribution in [0.25, 0.3) is 0 Å². The number of nitrogens with one attached hydrogen (secondary N) is 3. The van der Waals surface area contributed by atoms with E-state index in [4.69, 9.17) is 0 Å². The minimum atomic E-state index is -4.63. The average Bonchev–Trinajstić information content (AvgIpc) is 3.00. The van der Waals surface area contributed by atoms with Gasteiger partial charge in [0.2, 0.25) is 11.8 Å². The fourth-order valence-corrected chi connectivity index (χ4v) is 2.21. The summed E-state index contributed by atoms with van der Waals surface area (Å²) in [4.78, 5) is 23.7. The molecule has 0 aromatic heterocycles. The Morgan fingerprint density at radius 3 is 2.45 bits per heavy atom. The molecule has 1 heterocycles. The topological polar surface area (TPSA) is 70.2 Å². The van der Waals surface area contributed by atoms with Crippen LogP contribution >= 0.6 is 0 Å². The van der Waals surface area contributed by atoms with Crippen LogP contribution in [0.5, 0.6) is 0 Å². The van der Waals surface area contributed by atoms with Crippen molar-refractivity contribution in [2.75, 3.05) is 13.1 Å². The van der Waals surface area contributed by atoms with Crippen LogP contribution in [0.15, 0.2) is 0 Å². The first-order chi connectivity index (χ1) is 9.26. The lowest BCUT2D eigenvalue weighted by Gasteiger charge is -2.30. The van der Waals surface area contributed by atoms with Gasteiger partial charge in [-0.05, 0) is 32.7 Å². The van der Waals surface area contributed by atoms with Gasteiger partial charge in [0.15, 0.2) is 5.41 Å². The summed E-state index contributed by atoms with van der Waals surface area (Å²) >= 11 is 0. The van der Waals surface area contributed by atoms with Gasteiger partial charge in [0.1, 0.15) is 6.04 Å². The molecule has 0 radical (unpaired) electrons. The van der Waals surface area contributed by atoms with E-state index in [1.807, 2.05) is 0 Å². The first-order valence-corrected chi connectivity index (χ1v) is 6.65. The van der Waals surface area contributed by atoms with Gasteiger partial charge < -0.3 is 16.0 Å². The highest BCUT2D eigenvalue weighted by Gasteiger charge is 2.61. The summed E-state index contributed by atoms with van der Waals surface area (Å²) in [5, 5.41) is 7.41. The Bertz CT molecular complexity index is 401. The summed E-state index contributed by atoms with van der Waals surface area (Å²) < 4.78 is 39.4. The van der Waals surface area contributed by atoms with Gasteiger partial charge in [0.05, 0.1) is 0 Å². The van der Waals surface area contributed by atoms with Crippen molar-refractivity contribution in [3.05, 3.63) is 0 Å². The van der Waals surface area contributed by atoms with Crippen molar-refractivity contribution < 1.29 is 22.8 Å². The van der Waals surface area contributed by atoms with Crippen LogP contribution in [0.4, 0.5) is 13.2 Å². The highest BCUT2D eigenvalue weighted by Crippen LogP contribution is 2.43. The summed E-state index contributed by atoms with van der Waals surface area (Å²) in [6.07, 6.45) is -3.18. The number of hydrogen-bond donors (Lipinski definition) is 3. The van der Waals surface area contributed by atoms with E-state index in [0.717, 1.165) is 12.8 Å². The quantitative estimate of drug-likeness (QED) is 0.699. The van der Waals surface area contributed by atoms with Crippen LogP contribution in [0.3, 0.4) is 0 Å². The summed E-state index contributed by atoms with van der Waals surface area (Å²) in [5.41, 5.74) is -2.43. The lowest BCUT2D eigenvalue weighted by Crippen LogP contribution is -2.56. The number of hydrogen-bond acceptors (Lipinski definition) is 3. The third-order valence-electron chi connectivity index (χ3n) is 3.80. The minimum absolute atomic E-state index is 0.103. The minimum Gasteiger partial charge on any atom is -0.352 e. The molecule has 114 valence electrons. The summed E-state index contributed by atoms with van der Waals surface area (Å²) in [5.74, 6) is -1.57. The van der Waals surface area contributed by atoms with Gasteiger partial charge >= 0.3 is 6.18 Å². The van der Waals surface area contributed by atoms with Crippen LogP contribution in [-0.4, -0.2) is 43.2 Å². The third kappa shape index (κ3) is 2.89. The maximum Gasteiger partial charge on any atom is 0.404 e. The fourth-order valence-electron chi connectivity index (χ4n) is 2.21. The zero-order chi connectivity index (χ0) is 15.0. The van der Waals surface area contributed by atoms with E-state index in [1.165, 1.54) is 6.92 Å². The lowest BCUT2D eigenvalue weighted by molar-refractivity contribution is -0.216. The van der Waals surface area contributed by atoms with Crippen molar-refractivity contribution in [1.82, 2.24) is 16.0 Å². The zero-order valence-corrected chi connectivity index (χ0v) is 11.1. The Labute approximate surface area is 114 Å². The molecule has 0 aromatic rings. The van der Waals surface area contributed by atoms with Gasteiger partial charge in [-0.3, -0.25) is 9.59 Å². The Morgan fingerprint density at radius 1 is 1.35 bits per heavy atom. The molecule has 1 aliphatic carbocycles. The predicted octanol–water partition coefficient (Wildman–Crippen LogP) is 0.312. The molecule has 2 fully saturated rings. The maximum absolute atomic E-state index is 13.1. The SMILES string of the molecule is CC(NC(=O)C1(C(F)(F)F)CCNC1)C(=O)NC1CC1. The molecular formula is C12H18F3N3O2. The second-order valence-corrected chi connectivity index (χ2v) is 5.48. The number of halogens is 3. The summed E-state index contributed by atoms with van der Waals surface area (Å²) in [6, 6.07) is -0.866. The monoisotopic (exact) mass is 293 g/mol. The van der Waals surface area contributed by atoms with Crippen molar-refractivity contribution >= 4 is 11.8 Å². The molecule has 2 rings (SSSR count). The van der Waals surface area contributed by atoms with Crippen molar-refractivity contribution in [2.45, 2.75) is 44.4 Å². The smallest absolute Gasteiger partial charge is 0.352 e. The van der Waals surface area contributed by atoms with E-state index in [2.05, 4.69) is 16.0 Å². The number of carbonyl (C=O) groups excluding carboxylic acids is 2. The van der Waals surface area contributed by atoms with Crippen LogP contribution < -0.4 is 16.0 Å². The Balaban J connectivity index is 1.99. The Morgan fingerprint density at radius 2 is 2.00 bits per heavy atom. The molecule has 1 saturated heterocycles.